The van der Waals surface area contributed by atoms with E-state index in [2.05, 4.69) is 10.6 Å². The van der Waals surface area contributed by atoms with Crippen molar-refractivity contribution in [3.05, 3.63) is 59.1 Å². The number of rotatable bonds is 6. The zero-order chi connectivity index (χ0) is 20.0. The lowest BCUT2D eigenvalue weighted by atomic mass is 10.1. The number of benzene rings is 2. The molecular formula is C20H25ClN4O2. The van der Waals surface area contributed by atoms with Gasteiger partial charge in [0.2, 0.25) is 0 Å². The molecule has 27 heavy (non-hydrogen) atoms. The van der Waals surface area contributed by atoms with Gasteiger partial charge in [-0.25, -0.2) is 0 Å². The van der Waals surface area contributed by atoms with Crippen molar-refractivity contribution in [3.63, 3.8) is 0 Å². The zero-order valence-corrected chi connectivity index (χ0v) is 16.7. The second-order valence-corrected chi connectivity index (χ2v) is 7.02. The second-order valence-electron chi connectivity index (χ2n) is 6.61. The van der Waals surface area contributed by atoms with E-state index in [9.17, 15) is 9.59 Å². The average molecular weight is 389 g/mol. The first-order chi connectivity index (χ1) is 12.8. The fraction of sp³-hybridized carbons (Fsp3) is 0.300. The SMILES string of the molecule is CN(C)c1ccc(C(CNC(=O)C(=O)Nc2ccccc2Cl)N(C)C)cc1. The van der Waals surface area contributed by atoms with Crippen molar-refractivity contribution in [2.24, 2.45) is 0 Å². The average Bonchev–Trinajstić information content (AvgIpc) is 2.63. The molecule has 6 nitrogen and oxygen atoms in total. The molecule has 0 aliphatic carbocycles. The van der Waals surface area contributed by atoms with Gasteiger partial charge in [0.15, 0.2) is 0 Å². The number of amides is 2. The minimum atomic E-state index is -0.747. The zero-order valence-electron chi connectivity index (χ0n) is 16.0. The molecule has 0 aromatic heterocycles. The fourth-order valence-corrected chi connectivity index (χ4v) is 2.79. The molecule has 0 fully saturated rings. The van der Waals surface area contributed by atoms with Crippen molar-refractivity contribution in [2.45, 2.75) is 6.04 Å². The van der Waals surface area contributed by atoms with Crippen molar-refractivity contribution in [1.82, 2.24) is 10.2 Å². The first kappa shape index (κ1) is 20.7. The first-order valence-corrected chi connectivity index (χ1v) is 8.95. The molecule has 0 spiro atoms. The van der Waals surface area contributed by atoms with Crippen LogP contribution in [-0.4, -0.2) is 51.4 Å². The number of carbonyl (C=O) groups is 2. The molecule has 0 radical (unpaired) electrons. The lowest BCUT2D eigenvalue weighted by Crippen LogP contribution is -2.40. The molecule has 0 heterocycles. The third-order valence-electron chi connectivity index (χ3n) is 4.20. The largest absolute Gasteiger partial charge is 0.378 e. The fourth-order valence-electron chi connectivity index (χ4n) is 2.60. The maximum atomic E-state index is 12.2. The van der Waals surface area contributed by atoms with E-state index < -0.39 is 11.8 Å². The molecule has 0 aliphatic rings. The molecule has 0 saturated heterocycles. The normalized spacial score (nSPS) is 11.8. The van der Waals surface area contributed by atoms with Crippen LogP contribution in [-0.2, 0) is 9.59 Å². The van der Waals surface area contributed by atoms with E-state index in [-0.39, 0.29) is 6.04 Å². The Hall–Kier alpha value is -2.57. The smallest absolute Gasteiger partial charge is 0.313 e. The Kier molecular flexibility index (Phi) is 7.21. The van der Waals surface area contributed by atoms with Crippen molar-refractivity contribution in [1.29, 1.82) is 0 Å². The molecule has 1 unspecified atom stereocenters. The predicted molar refractivity (Wildman–Crippen MR) is 110 cm³/mol. The summed E-state index contributed by atoms with van der Waals surface area (Å²) in [6, 6.07) is 14.8. The Morgan fingerprint density at radius 1 is 0.963 bits per heavy atom. The third-order valence-corrected chi connectivity index (χ3v) is 4.53. The Morgan fingerprint density at radius 3 is 2.15 bits per heavy atom. The van der Waals surface area contributed by atoms with Crippen molar-refractivity contribution >= 4 is 34.8 Å². The van der Waals surface area contributed by atoms with E-state index >= 15 is 0 Å². The van der Waals surface area contributed by atoms with Gasteiger partial charge in [-0.15, -0.1) is 0 Å². The summed E-state index contributed by atoms with van der Waals surface area (Å²) in [5.74, 6) is -1.45. The Bertz CT molecular complexity index is 791. The quantitative estimate of drug-likeness (QED) is 0.747. The minimum Gasteiger partial charge on any atom is -0.378 e. The van der Waals surface area contributed by atoms with Crippen LogP contribution >= 0.6 is 11.6 Å². The van der Waals surface area contributed by atoms with Gasteiger partial charge in [-0.2, -0.15) is 0 Å². The number of nitrogens with one attached hydrogen (secondary N) is 2. The van der Waals surface area contributed by atoms with Gasteiger partial charge in [0.05, 0.1) is 16.8 Å². The summed E-state index contributed by atoms with van der Waals surface area (Å²) in [5.41, 5.74) is 2.56. The summed E-state index contributed by atoms with van der Waals surface area (Å²) in [5, 5.41) is 5.59. The number of anilines is 2. The van der Waals surface area contributed by atoms with Crippen LogP contribution in [0.3, 0.4) is 0 Å². The molecule has 2 rings (SSSR count). The van der Waals surface area contributed by atoms with Crippen LogP contribution in [0.2, 0.25) is 5.02 Å². The first-order valence-electron chi connectivity index (χ1n) is 8.57. The summed E-state index contributed by atoms with van der Waals surface area (Å²) < 4.78 is 0. The topological polar surface area (TPSA) is 64.7 Å². The predicted octanol–water partition coefficient (Wildman–Crippen LogP) is 2.76. The highest BCUT2D eigenvalue weighted by Crippen LogP contribution is 2.22. The molecule has 144 valence electrons. The molecule has 2 aromatic rings. The Labute approximate surface area is 165 Å². The number of hydrogen-bond donors (Lipinski definition) is 2. The van der Waals surface area contributed by atoms with Crippen molar-refractivity contribution in [3.8, 4) is 0 Å². The van der Waals surface area contributed by atoms with E-state index in [1.165, 1.54) is 0 Å². The number of likely N-dealkylation sites (N-methyl/N-ethyl adjacent to an activating group) is 1. The monoisotopic (exact) mass is 388 g/mol. The van der Waals surface area contributed by atoms with Gasteiger partial charge >= 0.3 is 11.8 Å². The number of para-hydroxylation sites is 1. The van der Waals surface area contributed by atoms with Gasteiger partial charge in [0, 0.05) is 26.3 Å². The highest BCUT2D eigenvalue weighted by atomic mass is 35.5. The van der Waals surface area contributed by atoms with Crippen LogP contribution in [0.1, 0.15) is 11.6 Å². The number of halogens is 1. The summed E-state index contributed by atoms with van der Waals surface area (Å²) >= 11 is 6.00. The second kappa shape index (κ2) is 9.39. The maximum absolute atomic E-state index is 12.2. The van der Waals surface area contributed by atoms with Gasteiger partial charge in [-0.1, -0.05) is 35.9 Å². The molecular weight excluding hydrogens is 364 g/mol. The summed E-state index contributed by atoms with van der Waals surface area (Å²) in [7, 11) is 7.83. The summed E-state index contributed by atoms with van der Waals surface area (Å²) in [6.07, 6.45) is 0. The van der Waals surface area contributed by atoms with Crippen LogP contribution in [0.15, 0.2) is 48.5 Å². The van der Waals surface area contributed by atoms with E-state index in [0.717, 1.165) is 11.3 Å². The number of nitrogens with zero attached hydrogens (tertiary/aromatic N) is 2. The highest BCUT2D eigenvalue weighted by molar-refractivity contribution is 6.41. The third kappa shape index (κ3) is 5.70. The standard InChI is InChI=1S/C20H25ClN4O2/c1-24(2)15-11-9-14(10-12-15)18(25(3)4)13-22-19(26)20(27)23-17-8-6-5-7-16(17)21/h5-12,18H,13H2,1-4H3,(H,22,26)(H,23,27). The van der Waals surface area contributed by atoms with E-state index in [1.54, 1.807) is 24.3 Å². The van der Waals surface area contributed by atoms with E-state index in [4.69, 9.17) is 11.6 Å². The lowest BCUT2D eigenvalue weighted by molar-refractivity contribution is -0.136. The van der Waals surface area contributed by atoms with Crippen molar-refractivity contribution < 1.29 is 9.59 Å². The van der Waals surface area contributed by atoms with Gasteiger partial charge in [-0.05, 0) is 43.9 Å². The van der Waals surface area contributed by atoms with E-state index in [0.29, 0.717) is 17.3 Å². The highest BCUT2D eigenvalue weighted by Gasteiger charge is 2.19. The molecule has 1 atom stereocenters. The van der Waals surface area contributed by atoms with E-state index in [1.807, 2.05) is 62.3 Å². The van der Waals surface area contributed by atoms with Crippen LogP contribution < -0.4 is 15.5 Å². The van der Waals surface area contributed by atoms with Crippen LogP contribution in [0.4, 0.5) is 11.4 Å². The maximum Gasteiger partial charge on any atom is 0.313 e. The summed E-state index contributed by atoms with van der Waals surface area (Å²) in [4.78, 5) is 28.3. The molecule has 2 N–H and O–H groups in total. The van der Waals surface area contributed by atoms with Crippen molar-refractivity contribution in [2.75, 3.05) is 45.0 Å². The van der Waals surface area contributed by atoms with Crippen LogP contribution in [0.5, 0.6) is 0 Å². The van der Waals surface area contributed by atoms with Crippen LogP contribution in [0, 0.1) is 0 Å². The number of hydrogen-bond acceptors (Lipinski definition) is 4. The molecule has 7 heteroatoms. The molecule has 2 aromatic carbocycles. The van der Waals surface area contributed by atoms with Crippen LogP contribution in [0.25, 0.3) is 0 Å². The Morgan fingerprint density at radius 2 is 1.59 bits per heavy atom. The lowest BCUT2D eigenvalue weighted by Gasteiger charge is -2.25. The van der Waals surface area contributed by atoms with Gasteiger partial charge in [0.1, 0.15) is 0 Å². The minimum absolute atomic E-state index is 0.0572. The summed E-state index contributed by atoms with van der Waals surface area (Å²) in [6.45, 7) is 0.309. The molecule has 0 aliphatic heterocycles. The molecule has 0 bridgehead atoms. The number of carbonyl (C=O) groups excluding carboxylic acids is 2. The van der Waals surface area contributed by atoms with Gasteiger partial charge in [-0.3, -0.25) is 9.59 Å². The molecule has 2 amide bonds. The molecule has 0 saturated carbocycles. The van der Waals surface area contributed by atoms with Gasteiger partial charge in [0.25, 0.3) is 0 Å². The van der Waals surface area contributed by atoms with Gasteiger partial charge < -0.3 is 20.4 Å². The Balaban J connectivity index is 1.99.